The van der Waals surface area contributed by atoms with E-state index in [1.165, 1.54) is 7.11 Å². The van der Waals surface area contributed by atoms with Gasteiger partial charge in [0.15, 0.2) is 5.69 Å². The summed E-state index contributed by atoms with van der Waals surface area (Å²) in [5, 5.41) is 9.37. The maximum absolute atomic E-state index is 13.3. The highest BCUT2D eigenvalue weighted by Crippen LogP contribution is 2.31. The van der Waals surface area contributed by atoms with E-state index in [-0.39, 0.29) is 5.82 Å². The van der Waals surface area contributed by atoms with E-state index in [0.717, 1.165) is 41.7 Å². The van der Waals surface area contributed by atoms with E-state index in [9.17, 15) is 18.0 Å². The Morgan fingerprint density at radius 1 is 1.12 bits per heavy atom. The minimum atomic E-state index is -4.66. The Morgan fingerprint density at radius 3 is 2.44 bits per heavy atom. The number of methoxy groups -OCH3 is 1. The number of rotatable bonds is 5. The van der Waals surface area contributed by atoms with Crippen LogP contribution in [0, 0.1) is 0 Å². The van der Waals surface area contributed by atoms with Crippen LogP contribution in [0.15, 0.2) is 59.6 Å². The quantitative estimate of drug-likeness (QED) is 0.627. The fraction of sp³-hybridized carbons (Fsp3) is 0.227. The number of nitrogens with zero attached hydrogens (tertiary/aromatic N) is 3. The van der Waals surface area contributed by atoms with Crippen LogP contribution in [0.2, 0.25) is 0 Å². The third-order valence-electron chi connectivity index (χ3n) is 4.88. The van der Waals surface area contributed by atoms with Crippen molar-refractivity contribution in [3.05, 3.63) is 71.4 Å². The summed E-state index contributed by atoms with van der Waals surface area (Å²) in [4.78, 5) is 17.1. The van der Waals surface area contributed by atoms with Crippen LogP contribution in [0.25, 0.3) is 5.69 Å². The zero-order valence-corrected chi connectivity index (χ0v) is 17.1. The van der Waals surface area contributed by atoms with Crippen molar-refractivity contribution in [1.82, 2.24) is 15.1 Å². The lowest BCUT2D eigenvalue weighted by molar-refractivity contribution is -0.141. The van der Waals surface area contributed by atoms with Crippen LogP contribution in [0.5, 0.6) is 5.75 Å². The molecular weight excluding hydrogens is 423 g/mol. The molecule has 0 spiro atoms. The maximum Gasteiger partial charge on any atom is 0.435 e. The molecule has 1 aliphatic rings. The van der Waals surface area contributed by atoms with Gasteiger partial charge in [-0.15, -0.1) is 0 Å². The average Bonchev–Trinajstić information content (AvgIpc) is 3.24. The summed E-state index contributed by atoms with van der Waals surface area (Å²) in [5.74, 6) is 0.642. The number of ether oxygens (including phenoxy) is 1. The molecule has 0 aliphatic carbocycles. The van der Waals surface area contributed by atoms with Crippen LogP contribution in [0.3, 0.4) is 0 Å². The largest absolute Gasteiger partial charge is 0.497 e. The zero-order chi connectivity index (χ0) is 22.7. The Labute approximate surface area is 181 Å². The first-order valence-electron chi connectivity index (χ1n) is 9.87. The molecule has 0 atom stereocenters. The van der Waals surface area contributed by atoms with Gasteiger partial charge in [-0.2, -0.15) is 18.3 Å². The molecule has 0 fully saturated rings. The number of aromatic nitrogens is 2. The van der Waals surface area contributed by atoms with Crippen molar-refractivity contribution in [2.75, 3.05) is 25.5 Å². The topological polar surface area (TPSA) is 80.5 Å². The molecule has 2 heterocycles. The fourth-order valence-electron chi connectivity index (χ4n) is 3.22. The Hall–Kier alpha value is -3.82. The number of nitrogens with one attached hydrogen (secondary N) is 2. The molecule has 3 aromatic rings. The average molecular weight is 443 g/mol. The lowest BCUT2D eigenvalue weighted by Gasteiger charge is -2.15. The van der Waals surface area contributed by atoms with Crippen LogP contribution in [0.4, 0.5) is 19.0 Å². The summed E-state index contributed by atoms with van der Waals surface area (Å²) < 4.78 is 45.9. The molecule has 2 aromatic carbocycles. The number of carbonyl (C=O) groups excluding carboxylic acids is 1. The molecule has 2 N–H and O–H groups in total. The van der Waals surface area contributed by atoms with Crippen LogP contribution in [-0.2, 0) is 6.18 Å². The Balaban J connectivity index is 1.60. The fourth-order valence-corrected chi connectivity index (χ4v) is 3.22. The second kappa shape index (κ2) is 8.74. The molecule has 166 valence electrons. The standard InChI is InChI=1S/C22H20F3N5O2/c1-32-17-9-7-16(8-10-17)30-19(13-18(29-30)22(23,24)25)28-21(31)15-5-3-14(4-6-15)20-26-11-2-12-27-20/h3-10,13H,2,11-12H2,1H3,(H,26,27)(H,28,31). The summed E-state index contributed by atoms with van der Waals surface area (Å²) in [6.07, 6.45) is -3.70. The number of halogens is 3. The summed E-state index contributed by atoms with van der Waals surface area (Å²) >= 11 is 0. The molecule has 1 aliphatic heterocycles. The minimum Gasteiger partial charge on any atom is -0.497 e. The highest BCUT2D eigenvalue weighted by Gasteiger charge is 2.35. The van der Waals surface area contributed by atoms with E-state index < -0.39 is 17.8 Å². The molecule has 7 nitrogen and oxygen atoms in total. The number of benzene rings is 2. The van der Waals surface area contributed by atoms with Crippen molar-refractivity contribution >= 4 is 17.6 Å². The zero-order valence-electron chi connectivity index (χ0n) is 17.1. The van der Waals surface area contributed by atoms with Gasteiger partial charge in [0.2, 0.25) is 0 Å². The number of alkyl halides is 3. The third-order valence-corrected chi connectivity index (χ3v) is 4.88. The predicted octanol–water partition coefficient (Wildman–Crippen LogP) is 3.89. The number of hydrogen-bond donors (Lipinski definition) is 2. The highest BCUT2D eigenvalue weighted by molar-refractivity contribution is 6.05. The smallest absolute Gasteiger partial charge is 0.435 e. The highest BCUT2D eigenvalue weighted by atomic mass is 19.4. The first-order valence-corrected chi connectivity index (χ1v) is 9.87. The lowest BCUT2D eigenvalue weighted by atomic mass is 10.1. The van der Waals surface area contributed by atoms with Gasteiger partial charge in [-0.05, 0) is 42.8 Å². The van der Waals surface area contributed by atoms with E-state index >= 15 is 0 Å². The maximum atomic E-state index is 13.3. The van der Waals surface area contributed by atoms with E-state index in [0.29, 0.717) is 17.0 Å². The second-order valence-electron chi connectivity index (χ2n) is 7.06. The molecule has 0 saturated carbocycles. The lowest BCUT2D eigenvalue weighted by Crippen LogP contribution is -2.30. The van der Waals surface area contributed by atoms with Crippen molar-refractivity contribution in [3.8, 4) is 11.4 Å². The van der Waals surface area contributed by atoms with Gasteiger partial charge in [0, 0.05) is 30.3 Å². The third kappa shape index (κ3) is 4.58. The molecule has 0 radical (unpaired) electrons. The molecule has 0 unspecified atom stereocenters. The Bertz CT molecular complexity index is 1140. The van der Waals surface area contributed by atoms with Crippen LogP contribution < -0.4 is 15.4 Å². The minimum absolute atomic E-state index is 0.102. The van der Waals surface area contributed by atoms with Gasteiger partial charge < -0.3 is 15.4 Å². The van der Waals surface area contributed by atoms with Crippen molar-refractivity contribution in [2.45, 2.75) is 12.6 Å². The molecular formula is C22H20F3N5O2. The van der Waals surface area contributed by atoms with Crippen LogP contribution >= 0.6 is 0 Å². The first kappa shape index (κ1) is 21.4. The number of aliphatic imine (C=N–C) groups is 1. The number of amides is 1. The van der Waals surface area contributed by atoms with Gasteiger partial charge in [-0.1, -0.05) is 12.1 Å². The molecule has 10 heteroatoms. The number of hydrogen-bond acceptors (Lipinski definition) is 5. The van der Waals surface area contributed by atoms with Crippen molar-refractivity contribution in [3.63, 3.8) is 0 Å². The Morgan fingerprint density at radius 2 is 1.84 bits per heavy atom. The normalized spacial score (nSPS) is 13.8. The van der Waals surface area contributed by atoms with Crippen LogP contribution in [0.1, 0.15) is 28.0 Å². The summed E-state index contributed by atoms with van der Waals surface area (Å²) in [6.45, 7) is 1.57. The molecule has 1 aromatic heterocycles. The number of amidine groups is 1. The summed E-state index contributed by atoms with van der Waals surface area (Å²) in [7, 11) is 1.48. The van der Waals surface area contributed by atoms with Gasteiger partial charge in [-0.3, -0.25) is 9.79 Å². The van der Waals surface area contributed by atoms with Crippen molar-refractivity contribution < 1.29 is 22.7 Å². The van der Waals surface area contributed by atoms with Crippen LogP contribution in [-0.4, -0.2) is 41.7 Å². The van der Waals surface area contributed by atoms with Gasteiger partial charge in [0.1, 0.15) is 17.4 Å². The number of carbonyl (C=O) groups is 1. The van der Waals surface area contributed by atoms with Gasteiger partial charge in [0.05, 0.1) is 12.8 Å². The molecule has 32 heavy (non-hydrogen) atoms. The van der Waals surface area contributed by atoms with E-state index in [1.807, 2.05) is 0 Å². The molecule has 1 amide bonds. The van der Waals surface area contributed by atoms with Gasteiger partial charge in [-0.25, -0.2) is 4.68 Å². The predicted molar refractivity (Wildman–Crippen MR) is 114 cm³/mol. The molecule has 0 saturated heterocycles. The number of anilines is 1. The van der Waals surface area contributed by atoms with E-state index in [1.54, 1.807) is 48.5 Å². The van der Waals surface area contributed by atoms with Crippen molar-refractivity contribution in [1.29, 1.82) is 0 Å². The summed E-state index contributed by atoms with van der Waals surface area (Å²) in [5.41, 5.74) is 0.360. The Kier molecular flexibility index (Phi) is 5.85. The molecule has 4 rings (SSSR count). The van der Waals surface area contributed by atoms with E-state index in [4.69, 9.17) is 4.74 Å². The first-order chi connectivity index (χ1) is 15.3. The molecule has 0 bridgehead atoms. The SMILES string of the molecule is COc1ccc(-n2nc(C(F)(F)F)cc2NC(=O)c2ccc(C3=NCCCN3)cc2)cc1. The van der Waals surface area contributed by atoms with Crippen molar-refractivity contribution in [2.24, 2.45) is 4.99 Å². The monoisotopic (exact) mass is 443 g/mol. The summed E-state index contributed by atoms with van der Waals surface area (Å²) in [6, 6.07) is 13.8. The van der Waals surface area contributed by atoms with Gasteiger partial charge in [0.25, 0.3) is 5.91 Å². The van der Waals surface area contributed by atoms with Gasteiger partial charge >= 0.3 is 6.18 Å². The van der Waals surface area contributed by atoms with E-state index in [2.05, 4.69) is 20.7 Å². The second-order valence-corrected chi connectivity index (χ2v) is 7.06.